The molecular weight excluding hydrogens is 298 g/mol. The average molecular weight is 315 g/mol. The molecule has 1 amide bonds. The summed E-state index contributed by atoms with van der Waals surface area (Å²) in [6.45, 7) is 2.20. The Balaban J connectivity index is 1.36. The molecule has 0 bridgehead atoms. The molecule has 1 aromatic heterocycles. The van der Waals surface area contributed by atoms with Crippen LogP contribution in [0, 0.1) is 0 Å². The van der Waals surface area contributed by atoms with Gasteiger partial charge in [0.25, 0.3) is 5.91 Å². The lowest BCUT2D eigenvalue weighted by Crippen LogP contribution is -2.40. The zero-order valence-electron chi connectivity index (χ0n) is 12.5. The van der Waals surface area contributed by atoms with E-state index in [1.54, 1.807) is 10.7 Å². The largest absolute Gasteiger partial charge is 0.486 e. The molecule has 0 fully saturated rings. The summed E-state index contributed by atoms with van der Waals surface area (Å²) in [6.07, 6.45) is 0.685. The molecule has 2 aliphatic heterocycles. The number of ether oxygens (including phenoxy) is 3. The zero-order chi connectivity index (χ0) is 15.6. The van der Waals surface area contributed by atoms with Crippen LogP contribution in [0.15, 0.2) is 30.3 Å². The van der Waals surface area contributed by atoms with Crippen LogP contribution in [0.5, 0.6) is 17.4 Å². The van der Waals surface area contributed by atoms with Crippen molar-refractivity contribution in [2.24, 2.45) is 0 Å². The molecule has 0 aliphatic carbocycles. The smallest absolute Gasteiger partial charge is 0.272 e. The number of amides is 1. The lowest BCUT2D eigenvalue weighted by molar-refractivity contribution is 0.0786. The van der Waals surface area contributed by atoms with E-state index in [0.717, 1.165) is 18.7 Å². The fourth-order valence-corrected chi connectivity index (χ4v) is 2.64. The van der Waals surface area contributed by atoms with Gasteiger partial charge >= 0.3 is 0 Å². The van der Waals surface area contributed by atoms with E-state index >= 15 is 0 Å². The number of carbonyl (C=O) groups is 1. The van der Waals surface area contributed by atoms with Crippen LogP contribution in [-0.4, -0.2) is 41.6 Å². The van der Waals surface area contributed by atoms with Gasteiger partial charge < -0.3 is 19.5 Å². The van der Waals surface area contributed by atoms with Crippen molar-refractivity contribution in [3.63, 3.8) is 0 Å². The summed E-state index contributed by atoms with van der Waals surface area (Å²) < 4.78 is 18.6. The number of aryl methyl sites for hydroxylation is 1. The summed E-state index contributed by atoms with van der Waals surface area (Å²) >= 11 is 0. The number of benzene rings is 1. The molecular formula is C16H17N3O4. The molecule has 120 valence electrons. The second-order valence-corrected chi connectivity index (χ2v) is 5.50. The third-order valence-corrected chi connectivity index (χ3v) is 3.80. The van der Waals surface area contributed by atoms with E-state index in [-0.39, 0.29) is 12.0 Å². The molecule has 1 atom stereocenters. The molecule has 0 saturated heterocycles. The Morgan fingerprint density at radius 3 is 3.04 bits per heavy atom. The van der Waals surface area contributed by atoms with Crippen molar-refractivity contribution >= 4 is 5.91 Å². The van der Waals surface area contributed by atoms with Crippen LogP contribution in [-0.2, 0) is 6.54 Å². The van der Waals surface area contributed by atoms with E-state index in [0.29, 0.717) is 37.1 Å². The summed E-state index contributed by atoms with van der Waals surface area (Å²) in [5, 5.41) is 7.09. The molecule has 2 aliphatic rings. The number of hydrogen-bond donors (Lipinski definition) is 1. The summed E-state index contributed by atoms with van der Waals surface area (Å²) in [5.41, 5.74) is 0.360. The van der Waals surface area contributed by atoms with Gasteiger partial charge in [0.1, 0.15) is 12.7 Å². The highest BCUT2D eigenvalue weighted by atomic mass is 16.6. The highest BCUT2D eigenvalue weighted by molar-refractivity contribution is 5.92. The van der Waals surface area contributed by atoms with Gasteiger partial charge in [-0.05, 0) is 12.1 Å². The Labute approximate surface area is 133 Å². The summed E-state index contributed by atoms with van der Waals surface area (Å²) in [6, 6.07) is 9.16. The third kappa shape index (κ3) is 2.81. The topological polar surface area (TPSA) is 74.6 Å². The van der Waals surface area contributed by atoms with Crippen molar-refractivity contribution in [2.75, 3.05) is 19.8 Å². The van der Waals surface area contributed by atoms with Gasteiger partial charge in [-0.15, -0.1) is 0 Å². The number of carbonyl (C=O) groups excluding carboxylic acids is 1. The van der Waals surface area contributed by atoms with Gasteiger partial charge in [0, 0.05) is 19.0 Å². The normalized spacial score (nSPS) is 18.7. The number of hydrogen-bond acceptors (Lipinski definition) is 5. The van der Waals surface area contributed by atoms with E-state index in [4.69, 9.17) is 14.2 Å². The standard InChI is InChI=1S/C16H17N3O4/c20-16(12-8-15-19(18-12)6-3-7-21-15)17-9-11-10-22-13-4-1-2-5-14(13)23-11/h1-2,4-5,8,11H,3,6-7,9-10H2,(H,17,20)/t11-/m0/s1. The minimum Gasteiger partial charge on any atom is -0.486 e. The van der Waals surface area contributed by atoms with Gasteiger partial charge in [-0.1, -0.05) is 12.1 Å². The highest BCUT2D eigenvalue weighted by Crippen LogP contribution is 2.30. The second kappa shape index (κ2) is 5.83. The van der Waals surface area contributed by atoms with Gasteiger partial charge in [0.2, 0.25) is 5.88 Å². The first-order valence-corrected chi connectivity index (χ1v) is 7.67. The van der Waals surface area contributed by atoms with Crippen LogP contribution in [0.4, 0.5) is 0 Å². The van der Waals surface area contributed by atoms with Crippen LogP contribution in [0.2, 0.25) is 0 Å². The molecule has 0 saturated carbocycles. The van der Waals surface area contributed by atoms with Crippen LogP contribution in [0.3, 0.4) is 0 Å². The molecule has 0 radical (unpaired) electrons. The van der Waals surface area contributed by atoms with Gasteiger partial charge in [0.15, 0.2) is 17.2 Å². The van der Waals surface area contributed by atoms with E-state index < -0.39 is 0 Å². The third-order valence-electron chi connectivity index (χ3n) is 3.80. The molecule has 7 heteroatoms. The van der Waals surface area contributed by atoms with E-state index in [9.17, 15) is 4.79 Å². The Hall–Kier alpha value is -2.70. The maximum Gasteiger partial charge on any atom is 0.272 e. The molecule has 0 spiro atoms. The first-order chi connectivity index (χ1) is 11.3. The predicted molar refractivity (Wildman–Crippen MR) is 81.0 cm³/mol. The number of nitrogens with one attached hydrogen (secondary N) is 1. The van der Waals surface area contributed by atoms with Crippen LogP contribution in [0.1, 0.15) is 16.9 Å². The van der Waals surface area contributed by atoms with Crippen molar-refractivity contribution in [2.45, 2.75) is 19.1 Å². The van der Waals surface area contributed by atoms with Crippen LogP contribution >= 0.6 is 0 Å². The minimum atomic E-state index is -0.238. The molecule has 3 heterocycles. The average Bonchev–Trinajstić information content (AvgIpc) is 3.04. The van der Waals surface area contributed by atoms with Gasteiger partial charge in [-0.2, -0.15) is 5.10 Å². The van der Waals surface area contributed by atoms with Crippen molar-refractivity contribution in [3.05, 3.63) is 36.0 Å². The Morgan fingerprint density at radius 2 is 2.17 bits per heavy atom. The first kappa shape index (κ1) is 13.9. The van der Waals surface area contributed by atoms with Crippen LogP contribution < -0.4 is 19.5 Å². The van der Waals surface area contributed by atoms with Crippen LogP contribution in [0.25, 0.3) is 0 Å². The number of para-hydroxylation sites is 2. The van der Waals surface area contributed by atoms with E-state index in [2.05, 4.69) is 10.4 Å². The van der Waals surface area contributed by atoms with Gasteiger partial charge in [-0.3, -0.25) is 4.79 Å². The molecule has 1 N–H and O–H groups in total. The molecule has 23 heavy (non-hydrogen) atoms. The Bertz CT molecular complexity index is 704. The van der Waals surface area contributed by atoms with Crippen molar-refractivity contribution in [3.8, 4) is 17.4 Å². The quantitative estimate of drug-likeness (QED) is 0.922. The highest BCUT2D eigenvalue weighted by Gasteiger charge is 2.23. The summed E-state index contributed by atoms with van der Waals surface area (Å²) in [5.74, 6) is 1.84. The number of fused-ring (bicyclic) bond motifs is 2. The summed E-state index contributed by atoms with van der Waals surface area (Å²) in [7, 11) is 0. The van der Waals surface area contributed by atoms with Crippen molar-refractivity contribution < 1.29 is 19.0 Å². The van der Waals surface area contributed by atoms with Gasteiger partial charge in [-0.25, -0.2) is 4.68 Å². The van der Waals surface area contributed by atoms with E-state index in [1.807, 2.05) is 24.3 Å². The Kier molecular flexibility index (Phi) is 3.53. The Morgan fingerprint density at radius 1 is 1.30 bits per heavy atom. The fourth-order valence-electron chi connectivity index (χ4n) is 2.64. The number of nitrogens with zero attached hydrogens (tertiary/aromatic N) is 2. The van der Waals surface area contributed by atoms with E-state index in [1.165, 1.54) is 0 Å². The molecule has 4 rings (SSSR count). The molecule has 7 nitrogen and oxygen atoms in total. The molecule has 0 unspecified atom stereocenters. The lowest BCUT2D eigenvalue weighted by Gasteiger charge is -2.26. The molecule has 2 aromatic rings. The fraction of sp³-hybridized carbons (Fsp3) is 0.375. The molecule has 1 aromatic carbocycles. The monoisotopic (exact) mass is 315 g/mol. The number of aromatic nitrogens is 2. The second-order valence-electron chi connectivity index (χ2n) is 5.50. The lowest BCUT2D eigenvalue weighted by atomic mass is 10.2. The number of rotatable bonds is 3. The zero-order valence-corrected chi connectivity index (χ0v) is 12.5. The first-order valence-electron chi connectivity index (χ1n) is 7.67. The van der Waals surface area contributed by atoms with Crippen molar-refractivity contribution in [1.82, 2.24) is 15.1 Å². The summed E-state index contributed by atoms with van der Waals surface area (Å²) in [4.78, 5) is 12.2. The SMILES string of the molecule is O=C(NC[C@H]1COc2ccccc2O1)c1cc2n(n1)CCCO2. The van der Waals surface area contributed by atoms with Crippen molar-refractivity contribution in [1.29, 1.82) is 0 Å². The van der Waals surface area contributed by atoms with Gasteiger partial charge in [0.05, 0.1) is 13.2 Å². The maximum absolute atomic E-state index is 12.2. The minimum absolute atomic E-state index is 0.220. The maximum atomic E-state index is 12.2. The predicted octanol–water partition coefficient (Wildman–Crippen LogP) is 1.24.